The molecule has 4 aromatic rings. The molecule has 0 amide bonds. The minimum atomic E-state index is -0.269. The highest BCUT2D eigenvalue weighted by molar-refractivity contribution is 7.71. The van der Waals surface area contributed by atoms with Gasteiger partial charge in [0.1, 0.15) is 11.5 Å². The number of halogens is 2. The lowest BCUT2D eigenvalue weighted by molar-refractivity contribution is 0.628. The van der Waals surface area contributed by atoms with Crippen LogP contribution in [0.2, 0.25) is 5.02 Å². The summed E-state index contributed by atoms with van der Waals surface area (Å²) in [5.74, 6) is -0.269. The van der Waals surface area contributed by atoms with Crippen LogP contribution in [0.5, 0.6) is 0 Å². The predicted octanol–water partition coefficient (Wildman–Crippen LogP) is 5.52. The van der Waals surface area contributed by atoms with Crippen LogP contribution in [-0.2, 0) is 0 Å². The van der Waals surface area contributed by atoms with E-state index in [0.717, 1.165) is 28.0 Å². The summed E-state index contributed by atoms with van der Waals surface area (Å²) in [7, 11) is 0. The number of aromatic nitrogens is 3. The second-order valence-corrected chi connectivity index (χ2v) is 6.16. The van der Waals surface area contributed by atoms with Crippen LogP contribution in [0, 0.1) is 10.6 Å². The van der Waals surface area contributed by atoms with Crippen molar-refractivity contribution < 1.29 is 4.39 Å². The minimum absolute atomic E-state index is 0.269. The van der Waals surface area contributed by atoms with Crippen molar-refractivity contribution >= 4 is 29.5 Å². The van der Waals surface area contributed by atoms with Gasteiger partial charge >= 0.3 is 0 Å². The first-order valence-electron chi connectivity index (χ1n) is 7.24. The Morgan fingerprint density at radius 1 is 1.00 bits per heavy atom. The van der Waals surface area contributed by atoms with Crippen molar-refractivity contribution in [2.24, 2.45) is 0 Å². The van der Waals surface area contributed by atoms with Gasteiger partial charge in [0, 0.05) is 23.0 Å². The van der Waals surface area contributed by atoms with Gasteiger partial charge in [-0.3, -0.25) is 4.40 Å². The van der Waals surface area contributed by atoms with Crippen molar-refractivity contribution in [1.82, 2.24) is 14.4 Å². The van der Waals surface area contributed by atoms with Gasteiger partial charge in [0.25, 0.3) is 0 Å². The second-order valence-electron chi connectivity index (χ2n) is 5.35. The Morgan fingerprint density at radius 2 is 1.67 bits per heavy atom. The van der Waals surface area contributed by atoms with E-state index in [-0.39, 0.29) is 5.82 Å². The first-order chi connectivity index (χ1) is 11.6. The molecule has 0 fully saturated rings. The minimum Gasteiger partial charge on any atom is -0.339 e. The van der Waals surface area contributed by atoms with E-state index >= 15 is 0 Å². The average Bonchev–Trinajstić information content (AvgIpc) is 3.03. The van der Waals surface area contributed by atoms with Crippen molar-refractivity contribution in [3.63, 3.8) is 0 Å². The quantitative estimate of drug-likeness (QED) is 0.480. The molecule has 0 bridgehead atoms. The number of hydrogen-bond donors (Lipinski definition) is 1. The molecule has 6 heteroatoms. The Labute approximate surface area is 147 Å². The maximum atomic E-state index is 13.1. The molecule has 0 aliphatic rings. The summed E-state index contributed by atoms with van der Waals surface area (Å²) < 4.78 is 15.4. The summed E-state index contributed by atoms with van der Waals surface area (Å²) in [5, 5.41) is 0.675. The van der Waals surface area contributed by atoms with Crippen molar-refractivity contribution in [2.75, 3.05) is 0 Å². The fraction of sp³-hybridized carbons (Fsp3) is 0. The average molecular weight is 356 g/mol. The third-order valence-electron chi connectivity index (χ3n) is 3.83. The van der Waals surface area contributed by atoms with Gasteiger partial charge in [-0.1, -0.05) is 23.7 Å². The molecule has 0 saturated heterocycles. The Kier molecular flexibility index (Phi) is 3.67. The summed E-state index contributed by atoms with van der Waals surface area (Å²) in [5.41, 5.74) is 4.43. The van der Waals surface area contributed by atoms with E-state index in [4.69, 9.17) is 23.8 Å². The first-order valence-corrected chi connectivity index (χ1v) is 8.03. The zero-order valence-corrected chi connectivity index (χ0v) is 13.9. The van der Waals surface area contributed by atoms with Crippen molar-refractivity contribution in [3.8, 4) is 22.4 Å². The molecule has 2 aromatic heterocycles. The molecule has 0 spiro atoms. The smallest absolute Gasteiger partial charge is 0.205 e. The van der Waals surface area contributed by atoms with E-state index in [0.29, 0.717) is 9.79 Å². The van der Waals surface area contributed by atoms with Crippen molar-refractivity contribution in [3.05, 3.63) is 76.5 Å². The topological polar surface area (TPSA) is 33.1 Å². The lowest BCUT2D eigenvalue weighted by atomic mass is 10.1. The maximum Gasteiger partial charge on any atom is 0.205 e. The number of nitrogens with one attached hydrogen (secondary N) is 1. The van der Waals surface area contributed by atoms with Gasteiger partial charge in [-0.2, -0.15) is 0 Å². The van der Waals surface area contributed by atoms with E-state index in [1.807, 2.05) is 34.9 Å². The number of hydrogen-bond acceptors (Lipinski definition) is 2. The van der Waals surface area contributed by atoms with E-state index in [2.05, 4.69) is 9.97 Å². The first kappa shape index (κ1) is 15.1. The summed E-state index contributed by atoms with van der Waals surface area (Å²) in [4.78, 5) is 7.65. The van der Waals surface area contributed by atoms with Crippen LogP contribution in [0.4, 0.5) is 4.39 Å². The summed E-state index contributed by atoms with van der Waals surface area (Å²) in [6.07, 6.45) is 3.61. The molecule has 118 valence electrons. The molecular weight excluding hydrogens is 345 g/mol. The molecule has 24 heavy (non-hydrogen) atoms. The summed E-state index contributed by atoms with van der Waals surface area (Å²) in [6, 6.07) is 13.8. The zero-order valence-electron chi connectivity index (χ0n) is 12.3. The van der Waals surface area contributed by atoms with Crippen LogP contribution in [-0.4, -0.2) is 14.4 Å². The van der Waals surface area contributed by atoms with Crippen LogP contribution in [0.25, 0.3) is 28.0 Å². The molecule has 1 N–H and O–H groups in total. The Morgan fingerprint density at radius 3 is 2.38 bits per heavy atom. The third-order valence-corrected chi connectivity index (χ3v) is 4.38. The maximum absolute atomic E-state index is 13.1. The van der Waals surface area contributed by atoms with Gasteiger partial charge in [-0.15, -0.1) is 0 Å². The van der Waals surface area contributed by atoms with Crippen LogP contribution >= 0.6 is 23.8 Å². The lowest BCUT2D eigenvalue weighted by Gasteiger charge is -2.04. The van der Waals surface area contributed by atoms with Crippen molar-refractivity contribution in [1.29, 1.82) is 0 Å². The van der Waals surface area contributed by atoms with Crippen LogP contribution < -0.4 is 0 Å². The highest BCUT2D eigenvalue weighted by atomic mass is 35.5. The summed E-state index contributed by atoms with van der Waals surface area (Å²) in [6.45, 7) is 0. The Hall–Kier alpha value is -2.50. The van der Waals surface area contributed by atoms with Crippen LogP contribution in [0.3, 0.4) is 0 Å². The molecule has 3 nitrogen and oxygen atoms in total. The Balaban J connectivity index is 1.93. The SMILES string of the molecule is Fc1ccc(-c2cn3c(=S)ncc(-c4ccc(Cl)cc4)c3[nH]2)cc1. The highest BCUT2D eigenvalue weighted by Gasteiger charge is 2.10. The fourth-order valence-electron chi connectivity index (χ4n) is 2.62. The standard InChI is InChI=1S/C18H11ClFN3S/c19-13-5-1-11(2-6-13)15-9-21-18(24)23-10-16(22-17(15)23)12-3-7-14(20)8-4-12/h1-10,22H. The molecule has 0 aliphatic carbocycles. The molecule has 0 aliphatic heterocycles. The molecule has 2 aromatic carbocycles. The third kappa shape index (κ3) is 2.62. The molecular formula is C18H11ClFN3S. The molecule has 0 unspecified atom stereocenters. The van der Waals surface area contributed by atoms with Gasteiger partial charge in [-0.05, 0) is 59.7 Å². The summed E-state index contributed by atoms with van der Waals surface area (Å²) >= 11 is 11.3. The van der Waals surface area contributed by atoms with Crippen LogP contribution in [0.1, 0.15) is 0 Å². The second kappa shape index (κ2) is 5.85. The molecule has 0 radical (unpaired) electrons. The van der Waals surface area contributed by atoms with E-state index in [1.54, 1.807) is 18.3 Å². The number of rotatable bonds is 2. The largest absolute Gasteiger partial charge is 0.339 e. The molecule has 0 saturated carbocycles. The van der Waals surface area contributed by atoms with E-state index in [9.17, 15) is 4.39 Å². The van der Waals surface area contributed by atoms with Crippen LogP contribution in [0.15, 0.2) is 60.9 Å². The van der Waals surface area contributed by atoms with Gasteiger partial charge in [0.05, 0.1) is 5.69 Å². The van der Waals surface area contributed by atoms with Gasteiger partial charge < -0.3 is 4.98 Å². The molecule has 4 rings (SSSR count). The number of fused-ring (bicyclic) bond motifs is 1. The number of benzene rings is 2. The number of aromatic amines is 1. The molecule has 0 atom stereocenters. The lowest BCUT2D eigenvalue weighted by Crippen LogP contribution is -1.92. The fourth-order valence-corrected chi connectivity index (χ4v) is 2.94. The van der Waals surface area contributed by atoms with Crippen molar-refractivity contribution in [2.45, 2.75) is 0 Å². The van der Waals surface area contributed by atoms with Gasteiger partial charge in [0.2, 0.25) is 4.77 Å². The Bertz CT molecular complexity index is 1080. The van der Waals surface area contributed by atoms with E-state index in [1.165, 1.54) is 12.1 Å². The number of nitrogens with zero attached hydrogens (tertiary/aromatic N) is 2. The monoisotopic (exact) mass is 355 g/mol. The van der Waals surface area contributed by atoms with Gasteiger partial charge in [-0.25, -0.2) is 9.37 Å². The normalized spacial score (nSPS) is 11.1. The molecule has 2 heterocycles. The number of imidazole rings is 1. The highest BCUT2D eigenvalue weighted by Crippen LogP contribution is 2.27. The van der Waals surface area contributed by atoms with E-state index < -0.39 is 0 Å². The number of H-pyrrole nitrogens is 1. The predicted molar refractivity (Wildman–Crippen MR) is 96.2 cm³/mol. The zero-order chi connectivity index (χ0) is 16.7. The van der Waals surface area contributed by atoms with Gasteiger partial charge in [0.15, 0.2) is 0 Å².